The molecule has 5 nitrogen and oxygen atoms in total. The van der Waals surface area contributed by atoms with Crippen molar-refractivity contribution in [2.45, 2.75) is 40.2 Å². The molecule has 1 fully saturated rings. The smallest absolute Gasteiger partial charge is 0.264 e. The summed E-state index contributed by atoms with van der Waals surface area (Å²) in [6.07, 6.45) is 2.88. The number of hydrogen-bond acceptors (Lipinski definition) is 5. The third-order valence-electron chi connectivity index (χ3n) is 4.92. The molecule has 150 valence electrons. The SMILES string of the molecule is CCOc1cc2c(cc1/C=C1\SC(=Nc3c(C)cccc3C)NC1=O)O[C@H](C)C2. The number of nitrogens with one attached hydrogen (secondary N) is 1. The quantitative estimate of drug-likeness (QED) is 0.730. The first-order valence-corrected chi connectivity index (χ1v) is 10.6. The van der Waals surface area contributed by atoms with Crippen molar-refractivity contribution in [3.63, 3.8) is 0 Å². The van der Waals surface area contributed by atoms with Crippen molar-refractivity contribution < 1.29 is 14.3 Å². The number of carbonyl (C=O) groups is 1. The van der Waals surface area contributed by atoms with Crippen molar-refractivity contribution >= 4 is 34.6 Å². The predicted molar refractivity (Wildman–Crippen MR) is 118 cm³/mol. The lowest BCUT2D eigenvalue weighted by Crippen LogP contribution is -2.19. The largest absolute Gasteiger partial charge is 0.493 e. The summed E-state index contributed by atoms with van der Waals surface area (Å²) in [4.78, 5) is 17.8. The van der Waals surface area contributed by atoms with Gasteiger partial charge < -0.3 is 14.8 Å². The number of ether oxygens (including phenoxy) is 2. The van der Waals surface area contributed by atoms with Gasteiger partial charge in [0, 0.05) is 17.5 Å². The van der Waals surface area contributed by atoms with Crippen molar-refractivity contribution in [3.05, 3.63) is 57.5 Å². The van der Waals surface area contributed by atoms with Crippen LogP contribution in [0.3, 0.4) is 0 Å². The number of carbonyl (C=O) groups excluding carboxylic acids is 1. The van der Waals surface area contributed by atoms with Gasteiger partial charge in [0.25, 0.3) is 5.91 Å². The van der Waals surface area contributed by atoms with Crippen LogP contribution in [0.4, 0.5) is 5.69 Å². The Bertz CT molecular complexity index is 1020. The standard InChI is InChI=1S/C23H24N2O3S/c1-5-27-18-10-16-9-15(4)28-19(16)11-17(18)12-20-22(26)25-23(29-20)24-21-13(2)7-6-8-14(21)3/h6-8,10-12,15H,5,9H2,1-4H3,(H,24,25,26)/b20-12-/t15-/m1/s1. The minimum atomic E-state index is -0.155. The fourth-order valence-electron chi connectivity index (χ4n) is 3.55. The van der Waals surface area contributed by atoms with Crippen molar-refractivity contribution in [1.82, 2.24) is 5.32 Å². The van der Waals surface area contributed by atoms with E-state index >= 15 is 0 Å². The van der Waals surface area contributed by atoms with Gasteiger partial charge in [-0.15, -0.1) is 0 Å². The number of amides is 1. The van der Waals surface area contributed by atoms with Gasteiger partial charge in [-0.2, -0.15) is 0 Å². The molecule has 2 aliphatic rings. The summed E-state index contributed by atoms with van der Waals surface area (Å²) in [5.41, 5.74) is 5.03. The maximum Gasteiger partial charge on any atom is 0.264 e. The van der Waals surface area contributed by atoms with Gasteiger partial charge in [-0.25, -0.2) is 4.99 Å². The van der Waals surface area contributed by atoms with Crippen LogP contribution in [0, 0.1) is 13.8 Å². The molecule has 2 heterocycles. The maximum absolute atomic E-state index is 12.6. The van der Waals surface area contributed by atoms with Crippen LogP contribution in [0.15, 0.2) is 40.2 Å². The average Bonchev–Trinajstić information content (AvgIpc) is 3.20. The molecule has 0 aliphatic carbocycles. The van der Waals surface area contributed by atoms with Gasteiger partial charge in [0.1, 0.15) is 17.6 Å². The highest BCUT2D eigenvalue weighted by Gasteiger charge is 2.26. The van der Waals surface area contributed by atoms with E-state index in [0.717, 1.165) is 45.9 Å². The summed E-state index contributed by atoms with van der Waals surface area (Å²) in [7, 11) is 0. The van der Waals surface area contributed by atoms with Crippen molar-refractivity contribution in [1.29, 1.82) is 0 Å². The second kappa shape index (κ2) is 7.95. The van der Waals surface area contributed by atoms with Gasteiger partial charge in [-0.3, -0.25) is 4.79 Å². The second-order valence-electron chi connectivity index (χ2n) is 7.29. The summed E-state index contributed by atoms with van der Waals surface area (Å²) in [6.45, 7) is 8.60. The molecule has 0 unspecified atom stereocenters. The summed E-state index contributed by atoms with van der Waals surface area (Å²) >= 11 is 1.34. The van der Waals surface area contributed by atoms with E-state index in [1.54, 1.807) is 0 Å². The zero-order valence-electron chi connectivity index (χ0n) is 17.0. The molecule has 2 aromatic carbocycles. The van der Waals surface area contributed by atoms with Crippen LogP contribution in [-0.2, 0) is 11.2 Å². The fourth-order valence-corrected chi connectivity index (χ4v) is 4.37. The number of para-hydroxylation sites is 1. The number of hydrogen-bond donors (Lipinski definition) is 1. The summed E-state index contributed by atoms with van der Waals surface area (Å²) in [5.74, 6) is 1.47. The molecular weight excluding hydrogens is 384 g/mol. The molecule has 1 amide bonds. The van der Waals surface area contributed by atoms with Crippen LogP contribution in [0.2, 0.25) is 0 Å². The third kappa shape index (κ3) is 4.03. The number of nitrogens with zero attached hydrogens (tertiary/aromatic N) is 1. The Hall–Kier alpha value is -2.73. The summed E-state index contributed by atoms with van der Waals surface area (Å²) in [6, 6.07) is 10.0. The van der Waals surface area contributed by atoms with Gasteiger partial charge >= 0.3 is 0 Å². The number of amidine groups is 1. The first-order valence-electron chi connectivity index (χ1n) is 9.76. The minimum Gasteiger partial charge on any atom is -0.493 e. The molecule has 4 rings (SSSR count). The molecule has 0 saturated carbocycles. The van der Waals surface area contributed by atoms with Crippen LogP contribution in [-0.4, -0.2) is 23.8 Å². The van der Waals surface area contributed by atoms with E-state index in [9.17, 15) is 4.79 Å². The van der Waals surface area contributed by atoms with E-state index in [-0.39, 0.29) is 12.0 Å². The number of thioether (sulfide) groups is 1. The molecule has 0 spiro atoms. The molecular formula is C23H24N2O3S. The van der Waals surface area contributed by atoms with Crippen LogP contribution < -0.4 is 14.8 Å². The molecule has 1 atom stereocenters. The minimum absolute atomic E-state index is 0.155. The fraction of sp³-hybridized carbons (Fsp3) is 0.304. The Morgan fingerprint density at radius 1 is 1.31 bits per heavy atom. The molecule has 2 aliphatic heterocycles. The van der Waals surface area contributed by atoms with Crippen LogP contribution >= 0.6 is 11.8 Å². The molecule has 29 heavy (non-hydrogen) atoms. The molecule has 2 aromatic rings. The van der Waals surface area contributed by atoms with Crippen molar-refractivity contribution in [2.75, 3.05) is 6.61 Å². The molecule has 1 saturated heterocycles. The zero-order chi connectivity index (χ0) is 20.5. The van der Waals surface area contributed by atoms with E-state index in [1.807, 2.05) is 57.2 Å². The van der Waals surface area contributed by atoms with Gasteiger partial charge in [-0.1, -0.05) is 18.2 Å². The van der Waals surface area contributed by atoms with E-state index in [2.05, 4.69) is 17.2 Å². The monoisotopic (exact) mass is 408 g/mol. The van der Waals surface area contributed by atoms with E-state index in [1.165, 1.54) is 11.8 Å². The number of fused-ring (bicyclic) bond motifs is 1. The molecule has 6 heteroatoms. The Kier molecular flexibility index (Phi) is 5.37. The third-order valence-corrected chi connectivity index (χ3v) is 5.83. The summed E-state index contributed by atoms with van der Waals surface area (Å²) < 4.78 is 11.7. The lowest BCUT2D eigenvalue weighted by molar-refractivity contribution is -0.115. The van der Waals surface area contributed by atoms with Gasteiger partial charge in [0.05, 0.1) is 17.2 Å². The summed E-state index contributed by atoms with van der Waals surface area (Å²) in [5, 5.41) is 3.46. The van der Waals surface area contributed by atoms with Crippen molar-refractivity contribution in [2.24, 2.45) is 4.99 Å². The zero-order valence-corrected chi connectivity index (χ0v) is 17.9. The van der Waals surface area contributed by atoms with Gasteiger partial charge in [-0.05, 0) is 68.8 Å². The van der Waals surface area contributed by atoms with Crippen LogP contribution in [0.25, 0.3) is 6.08 Å². The molecule has 1 N–H and O–H groups in total. The lowest BCUT2D eigenvalue weighted by Gasteiger charge is -2.10. The predicted octanol–water partition coefficient (Wildman–Crippen LogP) is 4.92. The number of aryl methyl sites for hydroxylation is 2. The van der Waals surface area contributed by atoms with Crippen LogP contribution in [0.5, 0.6) is 11.5 Å². The molecule has 0 bridgehead atoms. The molecule has 0 aromatic heterocycles. The Morgan fingerprint density at radius 2 is 2.07 bits per heavy atom. The topological polar surface area (TPSA) is 59.9 Å². The van der Waals surface area contributed by atoms with Gasteiger partial charge in [0.2, 0.25) is 0 Å². The molecule has 0 radical (unpaired) electrons. The Balaban J connectivity index is 1.66. The number of aliphatic imine (C=N–C) groups is 1. The highest BCUT2D eigenvalue weighted by atomic mass is 32.2. The van der Waals surface area contributed by atoms with E-state index < -0.39 is 0 Å². The van der Waals surface area contributed by atoms with E-state index in [4.69, 9.17) is 9.47 Å². The average molecular weight is 409 g/mol. The highest BCUT2D eigenvalue weighted by molar-refractivity contribution is 8.18. The first-order chi connectivity index (χ1) is 13.9. The highest BCUT2D eigenvalue weighted by Crippen LogP contribution is 2.38. The lowest BCUT2D eigenvalue weighted by atomic mass is 10.1. The maximum atomic E-state index is 12.6. The normalized spacial score (nSPS) is 20.7. The second-order valence-corrected chi connectivity index (χ2v) is 8.32. The Labute approximate surface area is 175 Å². The number of benzene rings is 2. The number of rotatable bonds is 4. The Morgan fingerprint density at radius 3 is 2.79 bits per heavy atom. The van der Waals surface area contributed by atoms with Crippen molar-refractivity contribution in [3.8, 4) is 11.5 Å². The van der Waals surface area contributed by atoms with Crippen LogP contribution in [0.1, 0.15) is 36.1 Å². The van der Waals surface area contributed by atoms with E-state index in [0.29, 0.717) is 16.7 Å². The van der Waals surface area contributed by atoms with Gasteiger partial charge in [0.15, 0.2) is 5.17 Å². The first kappa shape index (κ1) is 19.6.